The van der Waals surface area contributed by atoms with Gasteiger partial charge in [-0.05, 0) is 29.8 Å². The van der Waals surface area contributed by atoms with E-state index in [0.717, 1.165) is 5.56 Å². The summed E-state index contributed by atoms with van der Waals surface area (Å²) in [5.41, 5.74) is 1.44. The molecule has 2 aromatic carbocycles. The summed E-state index contributed by atoms with van der Waals surface area (Å²) in [6, 6.07) is 14.7. The Hall–Kier alpha value is -3.26. The number of halogens is 1. The molecular formula is C23H27FN4O3. The van der Waals surface area contributed by atoms with Crippen LogP contribution >= 0.6 is 0 Å². The molecular weight excluding hydrogens is 399 g/mol. The molecule has 1 aliphatic heterocycles. The van der Waals surface area contributed by atoms with Gasteiger partial charge in [0, 0.05) is 38.8 Å². The molecule has 1 heterocycles. The molecule has 0 saturated carbocycles. The first-order valence-corrected chi connectivity index (χ1v) is 10.3. The molecule has 2 aromatic rings. The number of hydrogen-bond acceptors (Lipinski definition) is 4. The Bertz CT molecular complexity index is 897. The van der Waals surface area contributed by atoms with Crippen LogP contribution in [-0.2, 0) is 14.4 Å². The van der Waals surface area contributed by atoms with Gasteiger partial charge in [0.25, 0.3) is 0 Å². The normalized spacial score (nSPS) is 15.2. The van der Waals surface area contributed by atoms with Gasteiger partial charge in [-0.25, -0.2) is 4.39 Å². The molecule has 164 valence electrons. The van der Waals surface area contributed by atoms with Crippen LogP contribution in [0.3, 0.4) is 0 Å². The van der Waals surface area contributed by atoms with E-state index in [0.29, 0.717) is 31.9 Å². The second-order valence-electron chi connectivity index (χ2n) is 7.58. The van der Waals surface area contributed by atoms with Gasteiger partial charge in [0.2, 0.25) is 17.7 Å². The summed E-state index contributed by atoms with van der Waals surface area (Å²) < 4.78 is 13.0. The molecule has 0 unspecified atom stereocenters. The number of rotatable bonds is 7. The van der Waals surface area contributed by atoms with Gasteiger partial charge in [0.15, 0.2) is 0 Å². The van der Waals surface area contributed by atoms with Crippen molar-refractivity contribution in [3.8, 4) is 0 Å². The van der Waals surface area contributed by atoms with Crippen LogP contribution in [0.5, 0.6) is 0 Å². The summed E-state index contributed by atoms with van der Waals surface area (Å²) in [6.07, 6.45) is 0.189. The molecule has 1 atom stereocenters. The van der Waals surface area contributed by atoms with Gasteiger partial charge in [0.1, 0.15) is 5.82 Å². The Morgan fingerprint density at radius 2 is 1.61 bits per heavy atom. The Morgan fingerprint density at radius 1 is 0.968 bits per heavy atom. The van der Waals surface area contributed by atoms with E-state index in [1.807, 2.05) is 35.2 Å². The zero-order chi connectivity index (χ0) is 22.2. The summed E-state index contributed by atoms with van der Waals surface area (Å²) in [5.74, 6) is -0.746. The first-order valence-electron chi connectivity index (χ1n) is 10.3. The van der Waals surface area contributed by atoms with Crippen molar-refractivity contribution in [3.63, 3.8) is 0 Å². The van der Waals surface area contributed by atoms with E-state index in [2.05, 4.69) is 10.6 Å². The second kappa shape index (κ2) is 10.7. The van der Waals surface area contributed by atoms with Crippen molar-refractivity contribution in [1.82, 2.24) is 15.1 Å². The highest BCUT2D eigenvalue weighted by atomic mass is 19.1. The Labute approximate surface area is 181 Å². The number of nitrogens with one attached hydrogen (secondary N) is 2. The van der Waals surface area contributed by atoms with Crippen molar-refractivity contribution in [2.45, 2.75) is 19.4 Å². The van der Waals surface area contributed by atoms with Crippen LogP contribution in [0.1, 0.15) is 24.9 Å². The third kappa shape index (κ3) is 6.89. The number of nitrogens with zero attached hydrogens (tertiary/aromatic N) is 2. The minimum absolute atomic E-state index is 0.0296. The lowest BCUT2D eigenvalue weighted by atomic mass is 10.0. The maximum atomic E-state index is 13.0. The third-order valence-electron chi connectivity index (χ3n) is 5.18. The quantitative estimate of drug-likeness (QED) is 0.711. The fourth-order valence-electron chi connectivity index (χ4n) is 3.58. The van der Waals surface area contributed by atoms with Crippen LogP contribution in [-0.4, -0.2) is 60.2 Å². The highest BCUT2D eigenvalue weighted by Crippen LogP contribution is 2.18. The van der Waals surface area contributed by atoms with E-state index in [-0.39, 0.29) is 42.5 Å². The molecule has 7 nitrogen and oxygen atoms in total. The summed E-state index contributed by atoms with van der Waals surface area (Å²) in [5, 5.41) is 5.60. The zero-order valence-corrected chi connectivity index (χ0v) is 17.5. The smallest absolute Gasteiger partial charge is 0.238 e. The van der Waals surface area contributed by atoms with Gasteiger partial charge in [-0.2, -0.15) is 0 Å². The van der Waals surface area contributed by atoms with Crippen molar-refractivity contribution in [1.29, 1.82) is 0 Å². The summed E-state index contributed by atoms with van der Waals surface area (Å²) in [6.45, 7) is 3.85. The van der Waals surface area contributed by atoms with Crippen LogP contribution in [0.2, 0.25) is 0 Å². The molecule has 8 heteroatoms. The summed E-state index contributed by atoms with van der Waals surface area (Å²) in [4.78, 5) is 40.4. The van der Waals surface area contributed by atoms with Gasteiger partial charge in [0.05, 0.1) is 19.0 Å². The molecule has 1 saturated heterocycles. The first kappa shape index (κ1) is 22.4. The van der Waals surface area contributed by atoms with Crippen LogP contribution < -0.4 is 10.6 Å². The second-order valence-corrected chi connectivity index (χ2v) is 7.58. The van der Waals surface area contributed by atoms with Crippen molar-refractivity contribution in [2.75, 3.05) is 38.0 Å². The average Bonchev–Trinajstić information content (AvgIpc) is 2.75. The number of carbonyl (C=O) groups excluding carboxylic acids is 3. The van der Waals surface area contributed by atoms with Crippen LogP contribution in [0.4, 0.5) is 10.1 Å². The number of carbonyl (C=O) groups is 3. The van der Waals surface area contributed by atoms with Crippen LogP contribution in [0, 0.1) is 5.82 Å². The first-order chi connectivity index (χ1) is 14.9. The molecule has 0 radical (unpaired) electrons. The monoisotopic (exact) mass is 426 g/mol. The van der Waals surface area contributed by atoms with Gasteiger partial charge in [-0.15, -0.1) is 0 Å². The minimum Gasteiger partial charge on any atom is -0.349 e. The molecule has 0 aromatic heterocycles. The lowest BCUT2D eigenvalue weighted by molar-refractivity contribution is -0.133. The SMILES string of the molecule is CC(=O)N[C@@H](CC(=O)N1CCN(CC(=O)Nc2ccc(F)cc2)CC1)c1ccccc1. The van der Waals surface area contributed by atoms with Gasteiger partial charge < -0.3 is 15.5 Å². The van der Waals surface area contributed by atoms with Gasteiger partial charge in [-0.1, -0.05) is 30.3 Å². The van der Waals surface area contributed by atoms with E-state index in [9.17, 15) is 18.8 Å². The number of hydrogen-bond donors (Lipinski definition) is 2. The fourth-order valence-corrected chi connectivity index (χ4v) is 3.58. The topological polar surface area (TPSA) is 81.8 Å². The molecule has 3 amide bonds. The maximum absolute atomic E-state index is 13.0. The maximum Gasteiger partial charge on any atom is 0.238 e. The standard InChI is InChI=1S/C23H27FN4O3/c1-17(29)25-21(18-5-3-2-4-6-18)15-23(31)28-13-11-27(12-14-28)16-22(30)26-20-9-7-19(24)8-10-20/h2-10,21H,11-16H2,1H3,(H,25,29)(H,26,30)/t21-/m0/s1. The lowest BCUT2D eigenvalue weighted by Crippen LogP contribution is -2.51. The average molecular weight is 426 g/mol. The van der Waals surface area contributed by atoms with Crippen molar-refractivity contribution in [2.24, 2.45) is 0 Å². The largest absolute Gasteiger partial charge is 0.349 e. The summed E-state index contributed by atoms with van der Waals surface area (Å²) in [7, 11) is 0. The van der Waals surface area contributed by atoms with E-state index in [4.69, 9.17) is 0 Å². The van der Waals surface area contributed by atoms with Crippen LogP contribution in [0.15, 0.2) is 54.6 Å². The van der Waals surface area contributed by atoms with Crippen molar-refractivity contribution in [3.05, 3.63) is 66.0 Å². The number of anilines is 1. The molecule has 0 spiro atoms. The Kier molecular flexibility index (Phi) is 7.72. The molecule has 1 fully saturated rings. The number of benzene rings is 2. The third-order valence-corrected chi connectivity index (χ3v) is 5.18. The molecule has 3 rings (SSSR count). The number of piperazine rings is 1. The van der Waals surface area contributed by atoms with Crippen molar-refractivity contribution >= 4 is 23.4 Å². The van der Waals surface area contributed by atoms with Gasteiger partial charge >= 0.3 is 0 Å². The highest BCUT2D eigenvalue weighted by molar-refractivity contribution is 5.92. The minimum atomic E-state index is -0.370. The van der Waals surface area contributed by atoms with E-state index in [1.165, 1.54) is 31.2 Å². The van der Waals surface area contributed by atoms with Crippen LogP contribution in [0.25, 0.3) is 0 Å². The molecule has 31 heavy (non-hydrogen) atoms. The fraction of sp³-hybridized carbons (Fsp3) is 0.348. The predicted octanol–water partition coefficient (Wildman–Crippen LogP) is 2.18. The Morgan fingerprint density at radius 3 is 2.23 bits per heavy atom. The predicted molar refractivity (Wildman–Crippen MR) is 116 cm³/mol. The van der Waals surface area contributed by atoms with Gasteiger partial charge in [-0.3, -0.25) is 19.3 Å². The molecule has 0 bridgehead atoms. The molecule has 2 N–H and O–H groups in total. The summed E-state index contributed by atoms with van der Waals surface area (Å²) >= 11 is 0. The molecule has 0 aliphatic carbocycles. The van der Waals surface area contributed by atoms with E-state index >= 15 is 0 Å². The van der Waals surface area contributed by atoms with E-state index in [1.54, 1.807) is 4.90 Å². The van der Waals surface area contributed by atoms with E-state index < -0.39 is 0 Å². The highest BCUT2D eigenvalue weighted by Gasteiger charge is 2.25. The lowest BCUT2D eigenvalue weighted by Gasteiger charge is -2.35. The number of amides is 3. The Balaban J connectivity index is 1.47. The zero-order valence-electron chi connectivity index (χ0n) is 17.5. The molecule has 1 aliphatic rings. The van der Waals surface area contributed by atoms with Crippen molar-refractivity contribution < 1.29 is 18.8 Å².